The summed E-state index contributed by atoms with van der Waals surface area (Å²) in [5.74, 6) is 0. The van der Waals surface area contributed by atoms with Crippen LogP contribution in [0.4, 0.5) is 0 Å². The van der Waals surface area contributed by atoms with Gasteiger partial charge in [-0.2, -0.15) is 0 Å². The van der Waals surface area contributed by atoms with Crippen molar-refractivity contribution in [3.8, 4) is 0 Å². The number of aliphatic hydroxyl groups excluding tert-OH is 1. The van der Waals surface area contributed by atoms with Crippen LogP contribution < -0.4 is 0 Å². The molecule has 86 valence electrons. The third-order valence-electron chi connectivity index (χ3n) is 1.41. The van der Waals surface area contributed by atoms with Gasteiger partial charge in [0.15, 0.2) is 6.29 Å². The van der Waals surface area contributed by atoms with Gasteiger partial charge in [-0.05, 0) is 20.3 Å². The predicted molar refractivity (Wildman–Crippen MR) is 59.2 cm³/mol. The third-order valence-corrected chi connectivity index (χ3v) is 1.41. The third kappa shape index (κ3) is 11.6. The van der Waals surface area contributed by atoms with E-state index in [2.05, 4.69) is 13.5 Å². The van der Waals surface area contributed by atoms with Crippen LogP contribution in [-0.4, -0.2) is 31.2 Å². The molecule has 0 heterocycles. The largest absolute Gasteiger partial charge is 0.388 e. The van der Waals surface area contributed by atoms with E-state index >= 15 is 0 Å². The van der Waals surface area contributed by atoms with Gasteiger partial charge >= 0.3 is 0 Å². The maximum absolute atomic E-state index is 9.06. The highest BCUT2D eigenvalue weighted by Gasteiger charge is 2.12. The van der Waals surface area contributed by atoms with E-state index in [0.29, 0.717) is 6.61 Å². The standard InChI is InChI=1S/C8H18O3.C3H6/c1-4-5-6-11-8(10-3)7(2)9;1-3-2/h7-9H,4-6H2,1-3H3;3H,1H2,2H3. The van der Waals surface area contributed by atoms with E-state index in [1.54, 1.807) is 13.0 Å². The molecule has 0 aliphatic rings. The summed E-state index contributed by atoms with van der Waals surface area (Å²) in [6, 6.07) is 0. The minimum absolute atomic E-state index is 0.471. The number of hydrogen-bond acceptors (Lipinski definition) is 3. The molecule has 0 spiro atoms. The van der Waals surface area contributed by atoms with Crippen molar-refractivity contribution in [2.24, 2.45) is 0 Å². The fraction of sp³-hybridized carbons (Fsp3) is 0.818. The van der Waals surface area contributed by atoms with Gasteiger partial charge < -0.3 is 14.6 Å². The zero-order valence-electron chi connectivity index (χ0n) is 9.82. The lowest BCUT2D eigenvalue weighted by atomic mass is 10.3. The Morgan fingerprint density at radius 2 is 2.00 bits per heavy atom. The topological polar surface area (TPSA) is 38.7 Å². The molecular formula is C11H24O3. The minimum Gasteiger partial charge on any atom is -0.388 e. The summed E-state index contributed by atoms with van der Waals surface area (Å²) >= 11 is 0. The van der Waals surface area contributed by atoms with E-state index in [1.165, 1.54) is 7.11 Å². The van der Waals surface area contributed by atoms with Gasteiger partial charge in [0, 0.05) is 13.7 Å². The van der Waals surface area contributed by atoms with Gasteiger partial charge in [-0.25, -0.2) is 0 Å². The van der Waals surface area contributed by atoms with E-state index in [9.17, 15) is 0 Å². The molecule has 2 unspecified atom stereocenters. The molecule has 3 heteroatoms. The molecule has 0 bridgehead atoms. The Hall–Kier alpha value is -0.380. The Kier molecular flexibility index (Phi) is 14.5. The SMILES string of the molecule is C=CC.CCCCOC(OC)C(C)O. The van der Waals surface area contributed by atoms with Crippen molar-refractivity contribution in [1.82, 2.24) is 0 Å². The van der Waals surface area contributed by atoms with Crippen molar-refractivity contribution in [2.45, 2.75) is 46.0 Å². The molecule has 0 aliphatic carbocycles. The highest BCUT2D eigenvalue weighted by atomic mass is 16.7. The zero-order valence-corrected chi connectivity index (χ0v) is 9.82. The van der Waals surface area contributed by atoms with Crippen LogP contribution in [0.25, 0.3) is 0 Å². The molecule has 0 rings (SSSR count). The first kappa shape index (κ1) is 16.1. The second kappa shape index (κ2) is 12.6. The second-order valence-corrected chi connectivity index (χ2v) is 2.98. The first-order chi connectivity index (χ1) is 6.63. The second-order valence-electron chi connectivity index (χ2n) is 2.98. The molecule has 0 saturated carbocycles. The number of ether oxygens (including phenoxy) is 2. The Morgan fingerprint density at radius 3 is 2.29 bits per heavy atom. The van der Waals surface area contributed by atoms with Crippen LogP contribution in [-0.2, 0) is 9.47 Å². The smallest absolute Gasteiger partial charge is 0.182 e. The van der Waals surface area contributed by atoms with Gasteiger partial charge in [0.05, 0.1) is 0 Å². The minimum atomic E-state index is -0.558. The number of methoxy groups -OCH3 is 1. The molecule has 0 radical (unpaired) electrons. The van der Waals surface area contributed by atoms with Crippen molar-refractivity contribution >= 4 is 0 Å². The molecule has 14 heavy (non-hydrogen) atoms. The summed E-state index contributed by atoms with van der Waals surface area (Å²) in [5, 5.41) is 9.06. The van der Waals surface area contributed by atoms with Crippen LogP contribution >= 0.6 is 0 Å². The molecule has 3 nitrogen and oxygen atoms in total. The summed E-state index contributed by atoms with van der Waals surface area (Å²) in [7, 11) is 1.53. The van der Waals surface area contributed by atoms with Crippen LogP contribution in [0.5, 0.6) is 0 Å². The lowest BCUT2D eigenvalue weighted by molar-refractivity contribution is -0.175. The first-order valence-corrected chi connectivity index (χ1v) is 5.03. The van der Waals surface area contributed by atoms with Gasteiger partial charge in [-0.3, -0.25) is 0 Å². The van der Waals surface area contributed by atoms with Gasteiger partial charge in [0.25, 0.3) is 0 Å². The van der Waals surface area contributed by atoms with E-state index in [1.807, 2.05) is 6.92 Å². The molecule has 0 saturated heterocycles. The van der Waals surface area contributed by atoms with Crippen LogP contribution in [0, 0.1) is 0 Å². The normalized spacial score (nSPS) is 13.8. The molecule has 0 aromatic heterocycles. The molecule has 0 aliphatic heterocycles. The van der Waals surface area contributed by atoms with Crippen molar-refractivity contribution < 1.29 is 14.6 Å². The van der Waals surface area contributed by atoms with E-state index in [-0.39, 0.29) is 0 Å². The van der Waals surface area contributed by atoms with Crippen molar-refractivity contribution in [1.29, 1.82) is 0 Å². The maximum atomic E-state index is 9.06. The fourth-order valence-electron chi connectivity index (χ4n) is 0.748. The predicted octanol–water partition coefficient (Wildman–Crippen LogP) is 2.35. The van der Waals surface area contributed by atoms with Gasteiger partial charge in [0.2, 0.25) is 0 Å². The number of aliphatic hydroxyl groups is 1. The number of hydrogen-bond donors (Lipinski definition) is 1. The van der Waals surface area contributed by atoms with E-state index < -0.39 is 12.4 Å². The molecule has 0 aromatic carbocycles. The Morgan fingerprint density at radius 1 is 1.50 bits per heavy atom. The maximum Gasteiger partial charge on any atom is 0.182 e. The van der Waals surface area contributed by atoms with Crippen LogP contribution in [0.1, 0.15) is 33.6 Å². The Balaban J connectivity index is 0. The summed E-state index contributed by atoms with van der Waals surface area (Å²) in [4.78, 5) is 0. The summed E-state index contributed by atoms with van der Waals surface area (Å²) in [6.45, 7) is 9.65. The highest BCUT2D eigenvalue weighted by Crippen LogP contribution is 2.01. The fourth-order valence-corrected chi connectivity index (χ4v) is 0.748. The molecule has 0 fully saturated rings. The molecule has 1 N–H and O–H groups in total. The average molecular weight is 204 g/mol. The van der Waals surface area contributed by atoms with E-state index in [4.69, 9.17) is 14.6 Å². The number of rotatable bonds is 6. The molecule has 0 amide bonds. The lowest BCUT2D eigenvalue weighted by Crippen LogP contribution is -2.28. The van der Waals surface area contributed by atoms with Crippen LogP contribution in [0.15, 0.2) is 12.7 Å². The van der Waals surface area contributed by atoms with Crippen molar-refractivity contribution in [3.63, 3.8) is 0 Å². The van der Waals surface area contributed by atoms with Gasteiger partial charge in [-0.1, -0.05) is 19.4 Å². The quantitative estimate of drug-likeness (QED) is 0.410. The molecule has 0 aromatic rings. The van der Waals surface area contributed by atoms with Crippen LogP contribution in [0.3, 0.4) is 0 Å². The highest BCUT2D eigenvalue weighted by molar-refractivity contribution is 4.51. The van der Waals surface area contributed by atoms with E-state index in [0.717, 1.165) is 12.8 Å². The zero-order chi connectivity index (χ0) is 11.4. The monoisotopic (exact) mass is 204 g/mol. The number of allylic oxidation sites excluding steroid dienone is 1. The van der Waals surface area contributed by atoms with Gasteiger partial charge in [0.1, 0.15) is 6.10 Å². The first-order valence-electron chi connectivity index (χ1n) is 5.03. The summed E-state index contributed by atoms with van der Waals surface area (Å²) in [6.07, 6.45) is 2.82. The lowest BCUT2D eigenvalue weighted by Gasteiger charge is -2.18. The average Bonchev–Trinajstić information content (AvgIpc) is 2.13. The van der Waals surface area contributed by atoms with Crippen molar-refractivity contribution in [2.75, 3.05) is 13.7 Å². The Labute approximate surface area is 87.7 Å². The van der Waals surface area contributed by atoms with Gasteiger partial charge in [-0.15, -0.1) is 6.58 Å². The number of unbranched alkanes of at least 4 members (excludes halogenated alkanes) is 1. The van der Waals surface area contributed by atoms with Crippen molar-refractivity contribution in [3.05, 3.63) is 12.7 Å². The Bertz CT molecular complexity index is 113. The summed E-state index contributed by atoms with van der Waals surface area (Å²) < 4.78 is 10.1. The molecular weight excluding hydrogens is 180 g/mol. The van der Waals surface area contributed by atoms with Crippen LogP contribution in [0.2, 0.25) is 0 Å². The summed E-state index contributed by atoms with van der Waals surface area (Å²) in [5.41, 5.74) is 0. The molecule has 2 atom stereocenters.